The summed E-state index contributed by atoms with van der Waals surface area (Å²) in [4.78, 5) is 14.5. The van der Waals surface area contributed by atoms with Crippen LogP contribution in [0.2, 0.25) is 0 Å². The van der Waals surface area contributed by atoms with Crippen LogP contribution in [0.1, 0.15) is 38.4 Å². The number of furan rings is 1. The third-order valence-electron chi connectivity index (χ3n) is 4.57. The van der Waals surface area contributed by atoms with Crippen LogP contribution in [-0.2, 0) is 5.60 Å². The molecule has 22 heavy (non-hydrogen) atoms. The third-order valence-corrected chi connectivity index (χ3v) is 4.57. The lowest BCUT2D eigenvalue weighted by Crippen LogP contribution is -2.50. The van der Waals surface area contributed by atoms with Gasteiger partial charge < -0.3 is 25.1 Å². The van der Waals surface area contributed by atoms with Gasteiger partial charge in [-0.3, -0.25) is 0 Å². The molecule has 1 aliphatic heterocycles. The summed E-state index contributed by atoms with van der Waals surface area (Å²) in [5, 5.41) is 16.0. The summed E-state index contributed by atoms with van der Waals surface area (Å²) in [7, 11) is 0. The number of carbonyl (C=O) groups excluding carboxylic acids is 1. The maximum atomic E-state index is 12.0. The van der Waals surface area contributed by atoms with Gasteiger partial charge in [-0.2, -0.15) is 0 Å². The van der Waals surface area contributed by atoms with Gasteiger partial charge >= 0.3 is 6.03 Å². The number of hydrogen-bond acceptors (Lipinski definition) is 4. The number of piperidine rings is 1. The van der Waals surface area contributed by atoms with Gasteiger partial charge in [0, 0.05) is 25.2 Å². The number of nitrogens with one attached hydrogen (secondary N) is 2. The highest BCUT2D eigenvalue weighted by atomic mass is 16.4. The second-order valence-corrected chi connectivity index (χ2v) is 6.62. The van der Waals surface area contributed by atoms with Crippen LogP contribution in [0.25, 0.3) is 0 Å². The molecule has 122 valence electrons. The Morgan fingerprint density at radius 1 is 1.41 bits per heavy atom. The van der Waals surface area contributed by atoms with E-state index in [2.05, 4.69) is 15.5 Å². The number of rotatable bonds is 5. The van der Waals surface area contributed by atoms with Gasteiger partial charge in [-0.15, -0.1) is 0 Å². The number of hydrogen-bond donors (Lipinski definition) is 3. The number of nitrogens with zero attached hydrogens (tertiary/aromatic N) is 1. The van der Waals surface area contributed by atoms with E-state index in [1.807, 2.05) is 0 Å². The van der Waals surface area contributed by atoms with E-state index in [9.17, 15) is 9.90 Å². The van der Waals surface area contributed by atoms with Crippen LogP contribution >= 0.6 is 0 Å². The topological polar surface area (TPSA) is 77.7 Å². The van der Waals surface area contributed by atoms with Crippen LogP contribution in [0.4, 0.5) is 4.79 Å². The van der Waals surface area contributed by atoms with Gasteiger partial charge in [-0.05, 0) is 44.7 Å². The number of amides is 2. The SMILES string of the molecule is CC(O)(CNC(=O)NC1CCN(C2CC2)CC1)c1ccco1. The van der Waals surface area contributed by atoms with E-state index in [4.69, 9.17) is 4.42 Å². The Morgan fingerprint density at radius 3 is 2.73 bits per heavy atom. The van der Waals surface area contributed by atoms with Gasteiger partial charge in [0.15, 0.2) is 0 Å². The Labute approximate surface area is 130 Å². The smallest absolute Gasteiger partial charge is 0.315 e. The molecule has 6 nitrogen and oxygen atoms in total. The molecule has 0 aromatic carbocycles. The highest BCUT2D eigenvalue weighted by Crippen LogP contribution is 2.29. The van der Waals surface area contributed by atoms with Crippen LogP contribution in [-0.4, -0.2) is 47.8 Å². The Hall–Kier alpha value is -1.53. The van der Waals surface area contributed by atoms with Crippen molar-refractivity contribution in [3.63, 3.8) is 0 Å². The summed E-state index contributed by atoms with van der Waals surface area (Å²) >= 11 is 0. The lowest BCUT2D eigenvalue weighted by atomic mass is 10.0. The summed E-state index contributed by atoms with van der Waals surface area (Å²) in [6, 6.07) is 4.23. The zero-order valence-corrected chi connectivity index (χ0v) is 13.0. The van der Waals surface area contributed by atoms with E-state index < -0.39 is 5.60 Å². The van der Waals surface area contributed by atoms with Crippen LogP contribution < -0.4 is 10.6 Å². The Bertz CT molecular complexity index is 489. The Balaban J connectivity index is 1.39. The predicted molar refractivity (Wildman–Crippen MR) is 82.4 cm³/mol. The molecular formula is C16H25N3O3. The fourth-order valence-electron chi connectivity index (χ4n) is 3.01. The second kappa shape index (κ2) is 6.30. The highest BCUT2D eigenvalue weighted by Gasteiger charge is 2.32. The summed E-state index contributed by atoms with van der Waals surface area (Å²) < 4.78 is 5.19. The van der Waals surface area contributed by atoms with E-state index >= 15 is 0 Å². The normalized spacial score (nSPS) is 23.0. The largest absolute Gasteiger partial charge is 0.466 e. The number of aliphatic hydroxyl groups is 1. The van der Waals surface area contributed by atoms with Crippen LogP contribution in [0.5, 0.6) is 0 Å². The molecule has 1 aromatic rings. The molecule has 1 atom stereocenters. The van der Waals surface area contributed by atoms with Crippen molar-refractivity contribution >= 4 is 6.03 Å². The van der Waals surface area contributed by atoms with Gasteiger partial charge in [-0.1, -0.05) is 0 Å². The van der Waals surface area contributed by atoms with Crippen molar-refractivity contribution in [2.45, 2.75) is 50.3 Å². The number of likely N-dealkylation sites (tertiary alicyclic amines) is 1. The zero-order valence-electron chi connectivity index (χ0n) is 13.0. The molecule has 2 heterocycles. The van der Waals surface area contributed by atoms with Crippen molar-refractivity contribution in [1.82, 2.24) is 15.5 Å². The summed E-state index contributed by atoms with van der Waals surface area (Å²) in [5.41, 5.74) is -1.20. The molecule has 1 saturated carbocycles. The highest BCUT2D eigenvalue weighted by molar-refractivity contribution is 5.74. The predicted octanol–water partition coefficient (Wildman–Crippen LogP) is 1.41. The fourth-order valence-corrected chi connectivity index (χ4v) is 3.01. The van der Waals surface area contributed by atoms with Crippen molar-refractivity contribution in [3.05, 3.63) is 24.2 Å². The first-order chi connectivity index (χ1) is 10.5. The molecule has 0 radical (unpaired) electrons. The molecule has 0 spiro atoms. The van der Waals surface area contributed by atoms with Crippen molar-refractivity contribution in [1.29, 1.82) is 0 Å². The summed E-state index contributed by atoms with van der Waals surface area (Å²) in [6.07, 6.45) is 6.18. The van der Waals surface area contributed by atoms with E-state index in [0.717, 1.165) is 32.0 Å². The molecule has 6 heteroatoms. The molecule has 1 saturated heterocycles. The van der Waals surface area contributed by atoms with Gasteiger partial charge in [0.25, 0.3) is 0 Å². The average Bonchev–Trinajstić information content (AvgIpc) is 3.19. The van der Waals surface area contributed by atoms with Gasteiger partial charge in [0.1, 0.15) is 11.4 Å². The average molecular weight is 307 g/mol. The maximum absolute atomic E-state index is 12.0. The molecule has 3 N–H and O–H groups in total. The molecule has 2 aliphatic rings. The molecule has 1 unspecified atom stereocenters. The van der Waals surface area contributed by atoms with Crippen molar-refractivity contribution in [2.75, 3.05) is 19.6 Å². The number of urea groups is 1. The molecule has 1 aromatic heterocycles. The lowest BCUT2D eigenvalue weighted by Gasteiger charge is -2.32. The first-order valence-corrected chi connectivity index (χ1v) is 8.09. The van der Waals surface area contributed by atoms with E-state index in [1.54, 1.807) is 19.1 Å². The quantitative estimate of drug-likeness (QED) is 0.769. The van der Waals surface area contributed by atoms with E-state index in [1.165, 1.54) is 19.1 Å². The van der Waals surface area contributed by atoms with Crippen molar-refractivity contribution < 1.29 is 14.3 Å². The lowest BCUT2D eigenvalue weighted by molar-refractivity contribution is 0.0365. The number of carbonyl (C=O) groups is 1. The first kappa shape index (κ1) is 15.4. The Morgan fingerprint density at radius 2 is 2.14 bits per heavy atom. The monoisotopic (exact) mass is 307 g/mol. The minimum absolute atomic E-state index is 0.118. The van der Waals surface area contributed by atoms with Gasteiger partial charge in [-0.25, -0.2) is 4.79 Å². The van der Waals surface area contributed by atoms with Gasteiger partial charge in [0.05, 0.1) is 12.8 Å². The van der Waals surface area contributed by atoms with Crippen LogP contribution in [0, 0.1) is 0 Å². The van der Waals surface area contributed by atoms with Crippen molar-refractivity contribution in [2.24, 2.45) is 0 Å². The second-order valence-electron chi connectivity index (χ2n) is 6.62. The fraction of sp³-hybridized carbons (Fsp3) is 0.688. The minimum Gasteiger partial charge on any atom is -0.466 e. The van der Waals surface area contributed by atoms with Crippen molar-refractivity contribution in [3.8, 4) is 0 Å². The molecule has 3 rings (SSSR count). The summed E-state index contributed by atoms with van der Waals surface area (Å²) in [5.74, 6) is 0.450. The zero-order chi connectivity index (χ0) is 15.6. The first-order valence-electron chi connectivity index (χ1n) is 8.09. The minimum atomic E-state index is -1.20. The molecule has 2 fully saturated rings. The summed E-state index contributed by atoms with van der Waals surface area (Å²) in [6.45, 7) is 3.88. The van der Waals surface area contributed by atoms with Crippen LogP contribution in [0.15, 0.2) is 22.8 Å². The maximum Gasteiger partial charge on any atom is 0.315 e. The molecule has 1 aliphatic carbocycles. The molecular weight excluding hydrogens is 282 g/mol. The molecule has 2 amide bonds. The van der Waals surface area contributed by atoms with Crippen LogP contribution in [0.3, 0.4) is 0 Å². The standard InChI is InChI=1S/C16H25N3O3/c1-16(21,14-3-2-10-22-14)11-17-15(20)18-12-6-8-19(9-7-12)13-4-5-13/h2-3,10,12-13,21H,4-9,11H2,1H3,(H2,17,18,20). The Kier molecular flexibility index (Phi) is 4.40. The van der Waals surface area contributed by atoms with Gasteiger partial charge in [0.2, 0.25) is 0 Å². The third kappa shape index (κ3) is 3.81. The van der Waals surface area contributed by atoms with E-state index in [0.29, 0.717) is 5.76 Å². The van der Waals surface area contributed by atoms with E-state index in [-0.39, 0.29) is 18.6 Å². The molecule has 0 bridgehead atoms.